The summed E-state index contributed by atoms with van der Waals surface area (Å²) in [6.45, 7) is 14.9. The third-order valence-electron chi connectivity index (χ3n) is 9.38. The first-order chi connectivity index (χ1) is 21.9. The normalized spacial score (nSPS) is 12.2. The molecular formula is C41H52GeIrNO2S-. The second-order valence-corrected chi connectivity index (χ2v) is 25.4. The molecule has 2 heterocycles. The maximum Gasteiger partial charge on any atom is 0 e. The van der Waals surface area contributed by atoms with E-state index in [9.17, 15) is 9.90 Å². The van der Waals surface area contributed by atoms with Gasteiger partial charge in [0.05, 0.1) is 5.76 Å². The predicted molar refractivity (Wildman–Crippen MR) is 205 cm³/mol. The molecule has 0 fully saturated rings. The number of hydrogen-bond donors (Lipinski definition) is 1. The van der Waals surface area contributed by atoms with Crippen LogP contribution in [0.4, 0.5) is 0 Å². The minimum Gasteiger partial charge on any atom is 0 e. The van der Waals surface area contributed by atoms with Crippen molar-refractivity contribution in [2.45, 2.75) is 97.3 Å². The Labute approximate surface area is 303 Å². The number of ketones is 1. The molecule has 0 aliphatic rings. The topological polar surface area (TPSA) is 50.2 Å². The van der Waals surface area contributed by atoms with E-state index in [2.05, 4.69) is 92.6 Å². The van der Waals surface area contributed by atoms with Crippen LogP contribution in [-0.2, 0) is 24.9 Å². The quantitative estimate of drug-likeness (QED) is 0.0658. The van der Waals surface area contributed by atoms with Crippen molar-refractivity contribution in [3.63, 3.8) is 0 Å². The summed E-state index contributed by atoms with van der Waals surface area (Å²) < 4.78 is 4.31. The van der Waals surface area contributed by atoms with Crippen LogP contribution in [0.1, 0.15) is 84.3 Å². The van der Waals surface area contributed by atoms with Crippen molar-refractivity contribution in [1.82, 2.24) is 4.98 Å². The number of rotatable bonds is 10. The van der Waals surface area contributed by atoms with Gasteiger partial charge in [0.15, 0.2) is 5.78 Å². The smallest absolute Gasteiger partial charge is 0 e. The number of aryl methyl sites for hydroxylation is 1. The van der Waals surface area contributed by atoms with Crippen LogP contribution in [0.15, 0.2) is 66.6 Å². The maximum atomic E-state index is 11.7. The van der Waals surface area contributed by atoms with Crippen LogP contribution in [0.2, 0.25) is 17.3 Å². The van der Waals surface area contributed by atoms with Crippen molar-refractivity contribution in [2.24, 2.45) is 11.8 Å². The molecule has 0 amide bonds. The number of carbonyl (C=O) groups is 1. The van der Waals surface area contributed by atoms with Gasteiger partial charge in [0.2, 0.25) is 0 Å². The Morgan fingerprint density at radius 1 is 0.894 bits per heavy atom. The molecule has 0 aliphatic heterocycles. The van der Waals surface area contributed by atoms with Crippen LogP contribution in [0.5, 0.6) is 0 Å². The Hall–Kier alpha value is -2.31. The Kier molecular flexibility index (Phi) is 14.1. The summed E-state index contributed by atoms with van der Waals surface area (Å²) in [7, 11) is 0. The number of aliphatic hydroxyl groups is 1. The molecule has 0 bridgehead atoms. The standard InChI is InChI=1S/C28H28GeNS.C13H24O2.Ir/c1-17(2)24-16-20(15-19-9-7-8-10-21(19)24)26-28-23(13-14-30-26)22-11-12-25(29(4,5)6)18(3)27(22)31-28;1-5-10(6-2)12(14)9-13(15)11(7-3)8-4;/h7-14,16-17H,1-6H3;9-11,14H,5-8H2,1-4H3;/q-1;;/b;12-9-;. The number of fused-ring (bicyclic) bond motifs is 4. The molecule has 1 radical (unpaired) electrons. The molecule has 253 valence electrons. The predicted octanol–water partition coefficient (Wildman–Crippen LogP) is 11.9. The van der Waals surface area contributed by atoms with Crippen molar-refractivity contribution in [3.05, 3.63) is 83.8 Å². The number of thiophene rings is 1. The summed E-state index contributed by atoms with van der Waals surface area (Å²) in [5, 5.41) is 14.9. The van der Waals surface area contributed by atoms with E-state index >= 15 is 0 Å². The second-order valence-electron chi connectivity index (χ2n) is 13.8. The van der Waals surface area contributed by atoms with Crippen LogP contribution in [0, 0.1) is 24.8 Å². The first-order valence-corrected chi connectivity index (χ1v) is 25.2. The van der Waals surface area contributed by atoms with E-state index in [0.717, 1.165) is 36.9 Å². The number of pyridine rings is 1. The molecule has 0 saturated heterocycles. The maximum absolute atomic E-state index is 11.7. The molecule has 5 aromatic rings. The minimum absolute atomic E-state index is 0. The molecular weight excluding hydrogens is 835 g/mol. The molecule has 47 heavy (non-hydrogen) atoms. The number of benzene rings is 3. The number of allylic oxidation sites excluding steroid dienone is 2. The van der Waals surface area contributed by atoms with Gasteiger partial charge in [-0.3, -0.25) is 4.79 Å². The zero-order valence-corrected chi connectivity index (χ0v) is 35.2. The molecule has 0 saturated carbocycles. The van der Waals surface area contributed by atoms with E-state index in [1.807, 2.05) is 45.2 Å². The molecule has 0 aliphatic carbocycles. The summed E-state index contributed by atoms with van der Waals surface area (Å²) in [5.74, 6) is 8.43. The summed E-state index contributed by atoms with van der Waals surface area (Å²) >= 11 is -0.0122. The van der Waals surface area contributed by atoms with Gasteiger partial charge < -0.3 is 5.11 Å². The van der Waals surface area contributed by atoms with Crippen molar-refractivity contribution >= 4 is 65.7 Å². The van der Waals surface area contributed by atoms with Crippen LogP contribution in [0.25, 0.3) is 42.2 Å². The van der Waals surface area contributed by atoms with E-state index in [-0.39, 0.29) is 43.5 Å². The molecule has 2 aromatic heterocycles. The Morgan fingerprint density at radius 2 is 1.51 bits per heavy atom. The van der Waals surface area contributed by atoms with Crippen molar-refractivity contribution in [3.8, 4) is 11.3 Å². The van der Waals surface area contributed by atoms with Crippen LogP contribution >= 0.6 is 11.3 Å². The largest absolute Gasteiger partial charge is 0 e. The number of aliphatic hydroxyl groups excluding tert-OH is 1. The zero-order chi connectivity index (χ0) is 33.8. The van der Waals surface area contributed by atoms with Gasteiger partial charge in [-0.2, -0.15) is 0 Å². The molecule has 0 atom stereocenters. The van der Waals surface area contributed by atoms with Gasteiger partial charge in [-0.1, -0.05) is 27.7 Å². The number of carbonyl (C=O) groups excluding carboxylic acids is 1. The third-order valence-corrected chi connectivity index (χ3v) is 15.3. The van der Waals surface area contributed by atoms with Gasteiger partial charge in [-0.05, 0) is 25.7 Å². The average Bonchev–Trinajstić information content (AvgIpc) is 3.41. The second kappa shape index (κ2) is 16.9. The summed E-state index contributed by atoms with van der Waals surface area (Å²) in [4.78, 5) is 16.6. The van der Waals surface area contributed by atoms with Crippen molar-refractivity contribution in [2.75, 3.05) is 0 Å². The zero-order valence-electron chi connectivity index (χ0n) is 29.9. The minimum atomic E-state index is -1.92. The van der Waals surface area contributed by atoms with E-state index in [1.165, 1.54) is 48.1 Å². The van der Waals surface area contributed by atoms with E-state index in [0.29, 0.717) is 5.92 Å². The first kappa shape index (κ1) is 39.1. The van der Waals surface area contributed by atoms with Gasteiger partial charge in [0.25, 0.3) is 0 Å². The molecule has 3 nitrogen and oxygen atoms in total. The SMILES string of the molecule is CCC(CC)C(=O)/C=C(\O)C(CC)CC.Cc1[c]([Ge]([CH3])([CH3])[CH3])ccc2c1sc1c(-c3[c-]c4ccccc4c(C(C)C)c3)nccc12.[Ir]. The average molecular weight is 888 g/mol. The van der Waals surface area contributed by atoms with E-state index in [1.54, 1.807) is 4.40 Å². The van der Waals surface area contributed by atoms with Gasteiger partial charge >= 0.3 is 192 Å². The first-order valence-electron chi connectivity index (χ1n) is 17.1. The molecule has 0 unspecified atom stereocenters. The Morgan fingerprint density at radius 3 is 2.11 bits per heavy atom. The van der Waals surface area contributed by atoms with Crippen LogP contribution in [-0.4, -0.2) is 29.1 Å². The van der Waals surface area contributed by atoms with Crippen molar-refractivity contribution in [1.29, 1.82) is 0 Å². The van der Waals surface area contributed by atoms with Gasteiger partial charge in [0.1, 0.15) is 0 Å². The van der Waals surface area contributed by atoms with Crippen LogP contribution in [0.3, 0.4) is 0 Å². The fraction of sp³-hybridized carbons (Fsp3) is 0.415. The van der Waals surface area contributed by atoms with E-state index < -0.39 is 13.3 Å². The summed E-state index contributed by atoms with van der Waals surface area (Å²) in [5.41, 5.74) is 5.00. The monoisotopic (exact) mass is 889 g/mol. The fourth-order valence-electron chi connectivity index (χ4n) is 6.55. The van der Waals surface area contributed by atoms with Crippen molar-refractivity contribution < 1.29 is 30.0 Å². The van der Waals surface area contributed by atoms with Crippen LogP contribution < -0.4 is 4.40 Å². The van der Waals surface area contributed by atoms with Gasteiger partial charge in [0, 0.05) is 38.0 Å². The van der Waals surface area contributed by atoms with Gasteiger partial charge in [-0.25, -0.2) is 0 Å². The molecule has 1 N–H and O–H groups in total. The fourth-order valence-corrected chi connectivity index (χ4v) is 11.9. The van der Waals surface area contributed by atoms with Gasteiger partial charge in [-0.15, -0.1) is 0 Å². The number of hydrogen-bond acceptors (Lipinski definition) is 4. The summed E-state index contributed by atoms with van der Waals surface area (Å²) in [6.07, 6.45) is 6.87. The van der Waals surface area contributed by atoms with E-state index in [4.69, 9.17) is 4.98 Å². The summed E-state index contributed by atoms with van der Waals surface area (Å²) in [6, 6.07) is 21.5. The Balaban J connectivity index is 0.000000322. The number of aromatic nitrogens is 1. The molecule has 0 spiro atoms. The molecule has 3 aromatic carbocycles. The molecule has 6 heteroatoms. The Bertz CT molecular complexity index is 1860. The molecule has 5 rings (SSSR count). The third kappa shape index (κ3) is 8.65. The number of nitrogens with zero attached hydrogens (tertiary/aromatic N) is 1.